The van der Waals surface area contributed by atoms with E-state index >= 15 is 0 Å². The number of ether oxygens (including phenoxy) is 3. The van der Waals surface area contributed by atoms with Gasteiger partial charge in [0.1, 0.15) is 13.2 Å². The Labute approximate surface area is 198 Å². The van der Waals surface area contributed by atoms with E-state index in [1.54, 1.807) is 0 Å². The quantitative estimate of drug-likeness (QED) is 0.273. The van der Waals surface area contributed by atoms with Crippen LogP contribution in [-0.4, -0.2) is 56.9 Å². The van der Waals surface area contributed by atoms with Gasteiger partial charge < -0.3 is 30.2 Å². The molecule has 0 saturated heterocycles. The number of hydrogen-bond acceptors (Lipinski definition) is 6. The van der Waals surface area contributed by atoms with E-state index in [9.17, 15) is 9.59 Å². The van der Waals surface area contributed by atoms with Crippen molar-refractivity contribution in [1.29, 1.82) is 0 Å². The molecule has 0 saturated carbocycles. The van der Waals surface area contributed by atoms with Gasteiger partial charge in [0.2, 0.25) is 11.8 Å². The molecule has 0 bridgehead atoms. The van der Waals surface area contributed by atoms with Crippen LogP contribution in [0.1, 0.15) is 50.8 Å². The standard InChI is InChI=1S/C25H41N3O5/c1-18(2)33-16-21-14-19(3)24(20(4)15-21)28-22(29)8-9-26-23(30)17-32-13-12-31-11-10-27-25(5,6)7/h14-15,27H,1,8-13,16-17H2,2-7H3,(H,26,30)(H,28,29). The van der Waals surface area contributed by atoms with Gasteiger partial charge in [0.15, 0.2) is 0 Å². The Morgan fingerprint density at radius 1 is 0.970 bits per heavy atom. The van der Waals surface area contributed by atoms with Crippen molar-refractivity contribution in [3.8, 4) is 0 Å². The van der Waals surface area contributed by atoms with Crippen LogP contribution in [0.4, 0.5) is 5.69 Å². The first-order valence-corrected chi connectivity index (χ1v) is 11.3. The Balaban J connectivity index is 2.21. The van der Waals surface area contributed by atoms with E-state index in [4.69, 9.17) is 14.2 Å². The summed E-state index contributed by atoms with van der Waals surface area (Å²) in [5, 5.41) is 8.95. The number of hydrogen-bond donors (Lipinski definition) is 3. The highest BCUT2D eigenvalue weighted by Gasteiger charge is 2.11. The van der Waals surface area contributed by atoms with Crippen molar-refractivity contribution in [2.75, 3.05) is 44.8 Å². The van der Waals surface area contributed by atoms with E-state index in [1.807, 2.05) is 32.9 Å². The fraction of sp³-hybridized carbons (Fsp3) is 0.600. The van der Waals surface area contributed by atoms with Crippen LogP contribution in [0, 0.1) is 13.8 Å². The van der Waals surface area contributed by atoms with Crippen molar-refractivity contribution in [3.63, 3.8) is 0 Å². The second kappa shape index (κ2) is 14.7. The normalized spacial score (nSPS) is 11.2. The van der Waals surface area contributed by atoms with Crippen LogP contribution in [0.3, 0.4) is 0 Å². The van der Waals surface area contributed by atoms with Crippen molar-refractivity contribution < 1.29 is 23.8 Å². The maximum absolute atomic E-state index is 12.3. The molecule has 0 aliphatic heterocycles. The molecule has 1 aromatic rings. The van der Waals surface area contributed by atoms with Gasteiger partial charge in [0.05, 0.1) is 25.6 Å². The second-order valence-electron chi connectivity index (χ2n) is 9.09. The lowest BCUT2D eigenvalue weighted by Gasteiger charge is -2.20. The van der Waals surface area contributed by atoms with Crippen molar-refractivity contribution in [3.05, 3.63) is 41.2 Å². The highest BCUT2D eigenvalue weighted by atomic mass is 16.5. The molecule has 0 aliphatic carbocycles. The smallest absolute Gasteiger partial charge is 0.246 e. The predicted octanol–water partition coefficient (Wildman–Crippen LogP) is 3.22. The molecule has 33 heavy (non-hydrogen) atoms. The molecular formula is C25H41N3O5. The third-order valence-corrected chi connectivity index (χ3v) is 4.52. The zero-order chi connectivity index (χ0) is 24.9. The molecule has 0 spiro atoms. The van der Waals surface area contributed by atoms with Crippen LogP contribution in [-0.2, 0) is 30.4 Å². The predicted molar refractivity (Wildman–Crippen MR) is 131 cm³/mol. The topological polar surface area (TPSA) is 97.9 Å². The Kier molecular flexibility index (Phi) is 12.7. The SMILES string of the molecule is C=C(C)OCc1cc(C)c(NC(=O)CCNC(=O)COCCOCCNC(C)(C)C)c(C)c1. The average molecular weight is 464 g/mol. The molecule has 0 aromatic heterocycles. The molecule has 0 fully saturated rings. The minimum Gasteiger partial charge on any atom is -0.494 e. The number of rotatable bonds is 15. The number of anilines is 1. The van der Waals surface area contributed by atoms with Gasteiger partial charge in [-0.15, -0.1) is 0 Å². The Bertz CT molecular complexity index is 764. The molecule has 8 heteroatoms. The first-order chi connectivity index (χ1) is 15.5. The maximum Gasteiger partial charge on any atom is 0.246 e. The Morgan fingerprint density at radius 2 is 1.61 bits per heavy atom. The molecule has 0 heterocycles. The number of carbonyl (C=O) groups excluding carboxylic acids is 2. The fourth-order valence-corrected chi connectivity index (χ4v) is 2.99. The third kappa shape index (κ3) is 13.7. The number of benzene rings is 1. The summed E-state index contributed by atoms with van der Waals surface area (Å²) in [6.07, 6.45) is 0.176. The zero-order valence-electron chi connectivity index (χ0n) is 21.1. The zero-order valence-corrected chi connectivity index (χ0v) is 21.1. The summed E-state index contributed by atoms with van der Waals surface area (Å²) in [4.78, 5) is 24.1. The van der Waals surface area contributed by atoms with Crippen LogP contribution in [0.15, 0.2) is 24.5 Å². The number of nitrogens with one attached hydrogen (secondary N) is 3. The monoisotopic (exact) mass is 463 g/mol. The Morgan fingerprint density at radius 3 is 2.21 bits per heavy atom. The molecule has 0 atom stereocenters. The van der Waals surface area contributed by atoms with Gasteiger partial charge in [-0.1, -0.05) is 18.7 Å². The second-order valence-corrected chi connectivity index (χ2v) is 9.09. The minimum atomic E-state index is -0.258. The first kappa shape index (κ1) is 28.6. The molecule has 2 amide bonds. The molecular weight excluding hydrogens is 422 g/mol. The van der Waals surface area contributed by atoms with Crippen LogP contribution in [0.2, 0.25) is 0 Å². The van der Waals surface area contributed by atoms with E-state index in [2.05, 4.69) is 43.3 Å². The molecule has 0 unspecified atom stereocenters. The van der Waals surface area contributed by atoms with Gasteiger partial charge in [0, 0.05) is 30.7 Å². The highest BCUT2D eigenvalue weighted by Crippen LogP contribution is 2.23. The molecule has 1 aromatic carbocycles. The van der Waals surface area contributed by atoms with E-state index in [1.165, 1.54) is 0 Å². The summed E-state index contributed by atoms with van der Waals surface area (Å²) in [5.41, 5.74) is 3.78. The number of aryl methyl sites for hydroxylation is 2. The molecule has 1 rings (SSSR count). The van der Waals surface area contributed by atoms with Crippen molar-refractivity contribution >= 4 is 17.5 Å². The summed E-state index contributed by atoms with van der Waals surface area (Å²) in [7, 11) is 0. The van der Waals surface area contributed by atoms with Crippen LogP contribution < -0.4 is 16.0 Å². The summed E-state index contributed by atoms with van der Waals surface area (Å²) < 4.78 is 16.2. The molecule has 0 radical (unpaired) electrons. The van der Waals surface area contributed by atoms with Gasteiger partial charge in [-0.2, -0.15) is 0 Å². The van der Waals surface area contributed by atoms with E-state index < -0.39 is 0 Å². The first-order valence-electron chi connectivity index (χ1n) is 11.3. The van der Waals surface area contributed by atoms with Gasteiger partial charge in [-0.25, -0.2) is 0 Å². The summed E-state index contributed by atoms with van der Waals surface area (Å²) in [5.74, 6) is 0.240. The highest BCUT2D eigenvalue weighted by molar-refractivity contribution is 5.92. The number of carbonyl (C=O) groups is 2. The molecule has 8 nitrogen and oxygen atoms in total. The van der Waals surface area contributed by atoms with Crippen molar-refractivity contribution in [2.45, 2.75) is 60.1 Å². The van der Waals surface area contributed by atoms with Gasteiger partial charge in [0.25, 0.3) is 0 Å². The third-order valence-electron chi connectivity index (χ3n) is 4.52. The molecule has 186 valence electrons. The average Bonchev–Trinajstić information content (AvgIpc) is 2.70. The summed E-state index contributed by atoms with van der Waals surface area (Å²) >= 11 is 0. The van der Waals surface area contributed by atoms with Gasteiger partial charge >= 0.3 is 0 Å². The van der Waals surface area contributed by atoms with E-state index in [-0.39, 0.29) is 36.9 Å². The van der Waals surface area contributed by atoms with Crippen molar-refractivity contribution in [1.82, 2.24) is 10.6 Å². The lowest BCUT2D eigenvalue weighted by molar-refractivity contribution is -0.126. The maximum atomic E-state index is 12.3. The largest absolute Gasteiger partial charge is 0.494 e. The summed E-state index contributed by atoms with van der Waals surface area (Å²) in [6.45, 7) is 18.5. The number of amides is 2. The fourth-order valence-electron chi connectivity index (χ4n) is 2.99. The lowest BCUT2D eigenvalue weighted by atomic mass is 10.0. The Hall–Kier alpha value is -2.42. The van der Waals surface area contributed by atoms with Crippen LogP contribution in [0.25, 0.3) is 0 Å². The molecule has 3 N–H and O–H groups in total. The number of allylic oxidation sites excluding steroid dienone is 1. The lowest BCUT2D eigenvalue weighted by Crippen LogP contribution is -2.38. The molecule has 0 aliphatic rings. The van der Waals surface area contributed by atoms with Crippen LogP contribution in [0.5, 0.6) is 0 Å². The van der Waals surface area contributed by atoms with E-state index in [0.29, 0.717) is 32.2 Å². The summed E-state index contributed by atoms with van der Waals surface area (Å²) in [6, 6.07) is 3.96. The minimum absolute atomic E-state index is 0.0584. The van der Waals surface area contributed by atoms with E-state index in [0.717, 1.165) is 28.9 Å². The van der Waals surface area contributed by atoms with Crippen LogP contribution >= 0.6 is 0 Å². The van der Waals surface area contributed by atoms with Gasteiger partial charge in [-0.05, 0) is 58.2 Å². The van der Waals surface area contributed by atoms with Gasteiger partial charge in [-0.3, -0.25) is 9.59 Å². The van der Waals surface area contributed by atoms with Crippen molar-refractivity contribution in [2.24, 2.45) is 0 Å².